The molecular formula is C26H26N4O2. The van der Waals surface area contributed by atoms with Crippen molar-refractivity contribution in [1.29, 1.82) is 0 Å². The molecule has 6 heteroatoms. The number of rotatable bonds is 6. The Morgan fingerprint density at radius 2 is 1.59 bits per heavy atom. The molecule has 0 saturated heterocycles. The van der Waals surface area contributed by atoms with Crippen molar-refractivity contribution in [2.75, 3.05) is 19.0 Å². The van der Waals surface area contributed by atoms with Gasteiger partial charge in [-0.2, -0.15) is 0 Å². The summed E-state index contributed by atoms with van der Waals surface area (Å²) < 4.78 is 1.73. The first-order valence-corrected chi connectivity index (χ1v) is 10.5. The standard InChI is InChI=1S/C26H26N4O2/c1-18-26(32)30(24-7-5-4-6-23(24)28-18)17-20-8-12-21(13-9-20)25(31)27-16-19-10-14-22(15-11-19)29(2)3/h4-15H,16-17H2,1-3H3,(H,27,31). The first-order chi connectivity index (χ1) is 15.4. The summed E-state index contributed by atoms with van der Waals surface area (Å²) in [5.41, 5.74) is 5.64. The summed E-state index contributed by atoms with van der Waals surface area (Å²) in [5, 5.41) is 2.96. The van der Waals surface area contributed by atoms with Crippen molar-refractivity contribution in [3.63, 3.8) is 0 Å². The summed E-state index contributed by atoms with van der Waals surface area (Å²) in [4.78, 5) is 31.6. The maximum Gasteiger partial charge on any atom is 0.272 e. The van der Waals surface area contributed by atoms with Crippen LogP contribution in [0.1, 0.15) is 27.2 Å². The predicted molar refractivity (Wildman–Crippen MR) is 128 cm³/mol. The average Bonchev–Trinajstić information content (AvgIpc) is 2.81. The van der Waals surface area contributed by atoms with Crippen LogP contribution in [0.4, 0.5) is 5.69 Å². The Kier molecular flexibility index (Phi) is 6.03. The van der Waals surface area contributed by atoms with Crippen LogP contribution in [0.3, 0.4) is 0 Å². The summed E-state index contributed by atoms with van der Waals surface area (Å²) in [6.45, 7) is 2.61. The zero-order chi connectivity index (χ0) is 22.7. The molecule has 4 rings (SSSR count). The Balaban J connectivity index is 1.45. The lowest BCUT2D eigenvalue weighted by Crippen LogP contribution is -2.25. The molecule has 0 aliphatic heterocycles. The molecule has 4 aromatic rings. The molecule has 0 aliphatic rings. The quantitative estimate of drug-likeness (QED) is 0.510. The summed E-state index contributed by atoms with van der Waals surface area (Å²) in [6.07, 6.45) is 0. The van der Waals surface area contributed by atoms with Crippen LogP contribution in [-0.2, 0) is 13.1 Å². The van der Waals surface area contributed by atoms with Crippen LogP contribution in [0.5, 0.6) is 0 Å². The fourth-order valence-corrected chi connectivity index (χ4v) is 3.62. The topological polar surface area (TPSA) is 67.2 Å². The largest absolute Gasteiger partial charge is 0.378 e. The van der Waals surface area contributed by atoms with Gasteiger partial charge in [0.15, 0.2) is 0 Å². The van der Waals surface area contributed by atoms with Crippen LogP contribution in [0, 0.1) is 6.92 Å². The highest BCUT2D eigenvalue weighted by atomic mass is 16.1. The highest BCUT2D eigenvalue weighted by Gasteiger charge is 2.10. The minimum Gasteiger partial charge on any atom is -0.378 e. The Bertz CT molecular complexity index is 1310. The normalized spacial score (nSPS) is 10.8. The molecule has 0 atom stereocenters. The van der Waals surface area contributed by atoms with Crippen molar-refractivity contribution in [2.24, 2.45) is 0 Å². The number of hydrogen-bond donors (Lipinski definition) is 1. The number of aromatic nitrogens is 2. The predicted octanol–water partition coefficient (Wildman–Crippen LogP) is 3.75. The fraction of sp³-hybridized carbons (Fsp3) is 0.192. The van der Waals surface area contributed by atoms with E-state index in [0.717, 1.165) is 27.8 Å². The third-order valence-corrected chi connectivity index (χ3v) is 5.48. The minimum atomic E-state index is -0.129. The Labute approximate surface area is 187 Å². The van der Waals surface area contributed by atoms with E-state index in [1.807, 2.05) is 79.7 Å². The first kappa shape index (κ1) is 21.3. The molecule has 6 nitrogen and oxygen atoms in total. The van der Waals surface area contributed by atoms with E-state index in [4.69, 9.17) is 0 Å². The lowest BCUT2D eigenvalue weighted by atomic mass is 10.1. The summed E-state index contributed by atoms with van der Waals surface area (Å²) in [5.74, 6) is -0.129. The highest BCUT2D eigenvalue weighted by Crippen LogP contribution is 2.14. The molecule has 0 spiro atoms. The maximum atomic E-state index is 12.7. The number of para-hydroxylation sites is 2. The molecule has 3 aromatic carbocycles. The molecule has 1 N–H and O–H groups in total. The Morgan fingerprint density at radius 1 is 0.938 bits per heavy atom. The Hall–Kier alpha value is -3.93. The second-order valence-electron chi connectivity index (χ2n) is 8.02. The molecular weight excluding hydrogens is 400 g/mol. The van der Waals surface area contributed by atoms with Gasteiger partial charge in [-0.15, -0.1) is 0 Å². The van der Waals surface area contributed by atoms with Gasteiger partial charge in [-0.05, 0) is 54.4 Å². The average molecular weight is 427 g/mol. The number of aryl methyl sites for hydroxylation is 1. The molecule has 162 valence electrons. The summed E-state index contributed by atoms with van der Waals surface area (Å²) in [6, 6.07) is 23.1. The van der Waals surface area contributed by atoms with E-state index in [1.54, 1.807) is 23.6 Å². The number of anilines is 1. The number of carbonyl (C=O) groups is 1. The number of hydrogen-bond acceptors (Lipinski definition) is 4. The highest BCUT2D eigenvalue weighted by molar-refractivity contribution is 5.94. The van der Waals surface area contributed by atoms with Gasteiger partial charge in [0, 0.05) is 31.9 Å². The number of carbonyl (C=O) groups excluding carboxylic acids is 1. The number of nitrogens with one attached hydrogen (secondary N) is 1. The molecule has 1 heterocycles. The van der Waals surface area contributed by atoms with E-state index in [9.17, 15) is 9.59 Å². The van der Waals surface area contributed by atoms with Gasteiger partial charge in [0.1, 0.15) is 5.69 Å². The van der Waals surface area contributed by atoms with E-state index in [0.29, 0.717) is 24.3 Å². The second kappa shape index (κ2) is 9.06. The molecule has 0 aliphatic carbocycles. The second-order valence-corrected chi connectivity index (χ2v) is 8.02. The molecule has 0 radical (unpaired) electrons. The van der Waals surface area contributed by atoms with E-state index >= 15 is 0 Å². The molecule has 0 bridgehead atoms. The maximum absolute atomic E-state index is 12.7. The molecule has 32 heavy (non-hydrogen) atoms. The number of nitrogens with zero attached hydrogens (tertiary/aromatic N) is 3. The molecule has 0 fully saturated rings. The van der Waals surface area contributed by atoms with Crippen LogP contribution in [0.2, 0.25) is 0 Å². The van der Waals surface area contributed by atoms with E-state index in [2.05, 4.69) is 10.3 Å². The van der Waals surface area contributed by atoms with Gasteiger partial charge >= 0.3 is 0 Å². The van der Waals surface area contributed by atoms with Gasteiger partial charge in [0.2, 0.25) is 0 Å². The SMILES string of the molecule is Cc1nc2ccccc2n(Cc2ccc(C(=O)NCc3ccc(N(C)C)cc3)cc2)c1=O. The van der Waals surface area contributed by atoms with Gasteiger partial charge in [0.25, 0.3) is 11.5 Å². The lowest BCUT2D eigenvalue weighted by molar-refractivity contribution is 0.0951. The number of amides is 1. The van der Waals surface area contributed by atoms with Crippen molar-refractivity contribution in [2.45, 2.75) is 20.0 Å². The first-order valence-electron chi connectivity index (χ1n) is 10.5. The van der Waals surface area contributed by atoms with E-state index in [1.165, 1.54) is 0 Å². The number of fused-ring (bicyclic) bond motifs is 1. The van der Waals surface area contributed by atoms with Gasteiger partial charge in [0.05, 0.1) is 17.6 Å². The zero-order valence-corrected chi connectivity index (χ0v) is 18.5. The summed E-state index contributed by atoms with van der Waals surface area (Å²) >= 11 is 0. The third-order valence-electron chi connectivity index (χ3n) is 5.48. The molecule has 1 amide bonds. The summed E-state index contributed by atoms with van der Waals surface area (Å²) in [7, 11) is 3.99. The molecule has 1 aromatic heterocycles. The van der Waals surface area contributed by atoms with Gasteiger partial charge in [-0.25, -0.2) is 4.98 Å². The van der Waals surface area contributed by atoms with Crippen molar-refractivity contribution >= 4 is 22.6 Å². The lowest BCUT2D eigenvalue weighted by Gasteiger charge is -2.13. The zero-order valence-electron chi connectivity index (χ0n) is 18.5. The van der Waals surface area contributed by atoms with E-state index < -0.39 is 0 Å². The fourth-order valence-electron chi connectivity index (χ4n) is 3.62. The van der Waals surface area contributed by atoms with Crippen LogP contribution in [0.15, 0.2) is 77.6 Å². The molecule has 0 unspecified atom stereocenters. The number of benzene rings is 3. The molecule has 0 saturated carbocycles. The smallest absolute Gasteiger partial charge is 0.272 e. The van der Waals surface area contributed by atoms with E-state index in [-0.39, 0.29) is 11.5 Å². The van der Waals surface area contributed by atoms with Crippen molar-refractivity contribution in [1.82, 2.24) is 14.9 Å². The van der Waals surface area contributed by atoms with Crippen molar-refractivity contribution in [3.8, 4) is 0 Å². The van der Waals surface area contributed by atoms with Gasteiger partial charge in [-0.3, -0.25) is 9.59 Å². The van der Waals surface area contributed by atoms with Gasteiger partial charge in [-0.1, -0.05) is 36.4 Å². The Morgan fingerprint density at radius 3 is 2.28 bits per heavy atom. The minimum absolute atomic E-state index is 0.106. The monoisotopic (exact) mass is 426 g/mol. The van der Waals surface area contributed by atoms with Crippen LogP contribution < -0.4 is 15.8 Å². The van der Waals surface area contributed by atoms with Crippen LogP contribution in [0.25, 0.3) is 11.0 Å². The van der Waals surface area contributed by atoms with Gasteiger partial charge < -0.3 is 14.8 Å². The van der Waals surface area contributed by atoms with Crippen molar-refractivity contribution < 1.29 is 4.79 Å². The van der Waals surface area contributed by atoms with Crippen LogP contribution >= 0.6 is 0 Å². The third kappa shape index (κ3) is 4.54. The van der Waals surface area contributed by atoms with Crippen molar-refractivity contribution in [3.05, 3.63) is 106 Å². The van der Waals surface area contributed by atoms with Crippen LogP contribution in [-0.4, -0.2) is 29.6 Å².